The zero-order valence-electron chi connectivity index (χ0n) is 13.4. The van der Waals surface area contributed by atoms with Crippen LogP contribution in [0.15, 0.2) is 59.3 Å². The van der Waals surface area contributed by atoms with Gasteiger partial charge in [-0.25, -0.2) is 0 Å². The lowest BCUT2D eigenvalue weighted by atomic mass is 10.1. The maximum atomic E-state index is 4.51. The van der Waals surface area contributed by atoms with E-state index in [4.69, 9.17) is 0 Å². The van der Waals surface area contributed by atoms with Crippen molar-refractivity contribution in [1.82, 2.24) is 14.9 Å². The molecule has 0 amide bonds. The molecular weight excluding hydrogens is 364 g/mol. The third kappa shape index (κ3) is 3.14. The van der Waals surface area contributed by atoms with Crippen molar-refractivity contribution in [3.8, 4) is 0 Å². The van der Waals surface area contributed by atoms with Gasteiger partial charge in [0.25, 0.3) is 0 Å². The van der Waals surface area contributed by atoms with Crippen LogP contribution in [-0.2, 0) is 6.54 Å². The quantitative estimate of drug-likeness (QED) is 0.690. The van der Waals surface area contributed by atoms with Gasteiger partial charge in [0.1, 0.15) is 0 Å². The first-order chi connectivity index (χ1) is 11.8. The number of hydrogen-bond donors (Lipinski definition) is 0. The number of benzene rings is 1. The van der Waals surface area contributed by atoms with Gasteiger partial charge in [0.15, 0.2) is 0 Å². The number of anilines is 1. The summed E-state index contributed by atoms with van der Waals surface area (Å²) in [4.78, 5) is 13.9. The van der Waals surface area contributed by atoms with Crippen LogP contribution in [0.4, 0.5) is 5.69 Å². The Kier molecular flexibility index (Phi) is 4.45. The largest absolute Gasteiger partial charge is 0.368 e. The number of piperazine rings is 1. The van der Waals surface area contributed by atoms with Crippen molar-refractivity contribution >= 4 is 32.5 Å². The number of fused-ring (bicyclic) bond motifs is 1. The lowest BCUT2D eigenvalue weighted by molar-refractivity contribution is 0.247. The average Bonchev–Trinajstić information content (AvgIpc) is 2.63. The van der Waals surface area contributed by atoms with E-state index >= 15 is 0 Å². The van der Waals surface area contributed by atoms with E-state index in [1.165, 1.54) is 11.1 Å². The topological polar surface area (TPSA) is 32.3 Å². The molecule has 0 radical (unpaired) electrons. The van der Waals surface area contributed by atoms with Crippen molar-refractivity contribution in [2.24, 2.45) is 0 Å². The molecule has 3 heterocycles. The molecule has 0 atom stereocenters. The molecule has 5 heteroatoms. The predicted octanol–water partition coefficient (Wildman–Crippen LogP) is 3.71. The third-order valence-electron chi connectivity index (χ3n) is 4.52. The Balaban J connectivity index is 1.49. The van der Waals surface area contributed by atoms with Crippen LogP contribution in [0, 0.1) is 0 Å². The van der Waals surface area contributed by atoms with Gasteiger partial charge in [-0.15, -0.1) is 0 Å². The summed E-state index contributed by atoms with van der Waals surface area (Å²) in [6.45, 7) is 5.08. The van der Waals surface area contributed by atoms with Crippen LogP contribution in [0.5, 0.6) is 0 Å². The van der Waals surface area contributed by atoms with Gasteiger partial charge in [0, 0.05) is 60.7 Å². The minimum Gasteiger partial charge on any atom is -0.368 e. The maximum absolute atomic E-state index is 4.51. The molecule has 0 unspecified atom stereocenters. The van der Waals surface area contributed by atoms with Crippen LogP contribution < -0.4 is 4.90 Å². The van der Waals surface area contributed by atoms with Gasteiger partial charge in [-0.05, 0) is 40.2 Å². The first-order valence-corrected chi connectivity index (χ1v) is 9.01. The summed E-state index contributed by atoms with van der Waals surface area (Å²) in [7, 11) is 0. The summed E-state index contributed by atoms with van der Waals surface area (Å²) in [5, 5.41) is 1.21. The molecular formula is C19H19BrN4. The molecule has 1 fully saturated rings. The fourth-order valence-corrected chi connectivity index (χ4v) is 3.74. The second kappa shape index (κ2) is 6.87. The van der Waals surface area contributed by atoms with E-state index in [0.29, 0.717) is 0 Å². The molecule has 1 aliphatic heterocycles. The zero-order chi connectivity index (χ0) is 16.4. The summed E-state index contributed by atoms with van der Waals surface area (Å²) >= 11 is 3.61. The number of aromatic nitrogens is 2. The molecule has 0 bridgehead atoms. The summed E-state index contributed by atoms with van der Waals surface area (Å²) in [5.74, 6) is 0. The van der Waals surface area contributed by atoms with Crippen LogP contribution in [0.3, 0.4) is 0 Å². The number of nitrogens with zero attached hydrogens (tertiary/aromatic N) is 4. The van der Waals surface area contributed by atoms with E-state index in [1.807, 2.05) is 24.5 Å². The Labute approximate surface area is 150 Å². The van der Waals surface area contributed by atoms with Crippen molar-refractivity contribution in [2.75, 3.05) is 31.1 Å². The smallest absolute Gasteiger partial charge is 0.0864 e. The van der Waals surface area contributed by atoms with Gasteiger partial charge in [-0.2, -0.15) is 0 Å². The highest BCUT2D eigenvalue weighted by molar-refractivity contribution is 9.10. The lowest BCUT2D eigenvalue weighted by Crippen LogP contribution is -2.46. The molecule has 0 spiro atoms. The Bertz CT molecular complexity index is 829. The second-order valence-corrected chi connectivity index (χ2v) is 6.90. The molecule has 24 heavy (non-hydrogen) atoms. The van der Waals surface area contributed by atoms with Crippen molar-refractivity contribution < 1.29 is 0 Å². The highest BCUT2D eigenvalue weighted by atomic mass is 79.9. The van der Waals surface area contributed by atoms with E-state index < -0.39 is 0 Å². The molecule has 0 saturated carbocycles. The van der Waals surface area contributed by atoms with E-state index in [-0.39, 0.29) is 0 Å². The van der Waals surface area contributed by atoms with Gasteiger partial charge in [0.2, 0.25) is 0 Å². The van der Waals surface area contributed by atoms with Gasteiger partial charge in [-0.3, -0.25) is 14.9 Å². The normalized spacial score (nSPS) is 15.8. The third-order valence-corrected chi connectivity index (χ3v) is 5.16. The Morgan fingerprint density at radius 2 is 1.75 bits per heavy atom. The summed E-state index contributed by atoms with van der Waals surface area (Å²) in [6.07, 6.45) is 3.77. The average molecular weight is 383 g/mol. The monoisotopic (exact) mass is 382 g/mol. The number of halogens is 1. The minimum atomic E-state index is 0.928. The van der Waals surface area contributed by atoms with Crippen LogP contribution in [0.1, 0.15) is 5.69 Å². The van der Waals surface area contributed by atoms with Gasteiger partial charge in [-0.1, -0.05) is 18.2 Å². The van der Waals surface area contributed by atoms with Crippen molar-refractivity contribution in [3.05, 3.63) is 65.0 Å². The number of para-hydroxylation sites is 1. The number of hydrogen-bond acceptors (Lipinski definition) is 4. The van der Waals surface area contributed by atoms with Gasteiger partial charge < -0.3 is 4.90 Å². The van der Waals surface area contributed by atoms with Gasteiger partial charge >= 0.3 is 0 Å². The maximum Gasteiger partial charge on any atom is 0.0864 e. The molecule has 4 rings (SSSR count). The molecule has 122 valence electrons. The highest BCUT2D eigenvalue weighted by Gasteiger charge is 2.19. The molecule has 4 nitrogen and oxygen atoms in total. The van der Waals surface area contributed by atoms with Crippen LogP contribution in [0.25, 0.3) is 10.9 Å². The first-order valence-electron chi connectivity index (χ1n) is 8.22. The molecule has 0 aliphatic carbocycles. The molecule has 3 aromatic rings. The Morgan fingerprint density at radius 3 is 2.54 bits per heavy atom. The van der Waals surface area contributed by atoms with Crippen molar-refractivity contribution in [2.45, 2.75) is 6.54 Å². The molecule has 1 saturated heterocycles. The molecule has 1 aliphatic rings. The first kappa shape index (κ1) is 15.5. The number of pyridine rings is 2. The predicted molar refractivity (Wildman–Crippen MR) is 101 cm³/mol. The van der Waals surface area contributed by atoms with Crippen molar-refractivity contribution in [1.29, 1.82) is 0 Å². The van der Waals surface area contributed by atoms with Gasteiger partial charge in [0.05, 0.1) is 11.2 Å². The van der Waals surface area contributed by atoms with Crippen LogP contribution in [0.2, 0.25) is 0 Å². The van der Waals surface area contributed by atoms with Crippen LogP contribution >= 0.6 is 15.9 Å². The molecule has 1 aromatic carbocycles. The summed E-state index contributed by atoms with van der Waals surface area (Å²) in [5.41, 5.74) is 3.45. The van der Waals surface area contributed by atoms with E-state index in [9.17, 15) is 0 Å². The minimum absolute atomic E-state index is 0.928. The Hall–Kier alpha value is -1.98. The van der Waals surface area contributed by atoms with E-state index in [0.717, 1.165) is 48.4 Å². The fourth-order valence-electron chi connectivity index (χ4n) is 3.27. The van der Waals surface area contributed by atoms with E-state index in [2.05, 4.69) is 66.0 Å². The molecule has 2 aromatic heterocycles. The standard InChI is InChI=1S/C19H19BrN4/c20-17-6-3-5-16-18(7-9-22-19(16)17)24-12-10-23(11-13-24)14-15-4-1-2-8-21-15/h1-9H,10-14H2. The fraction of sp³-hybridized carbons (Fsp3) is 0.263. The number of rotatable bonds is 3. The zero-order valence-corrected chi connectivity index (χ0v) is 15.0. The Morgan fingerprint density at radius 1 is 0.875 bits per heavy atom. The highest BCUT2D eigenvalue weighted by Crippen LogP contribution is 2.30. The van der Waals surface area contributed by atoms with Crippen LogP contribution in [-0.4, -0.2) is 41.0 Å². The van der Waals surface area contributed by atoms with E-state index in [1.54, 1.807) is 0 Å². The summed E-state index contributed by atoms with van der Waals surface area (Å²) < 4.78 is 1.05. The van der Waals surface area contributed by atoms with Crippen molar-refractivity contribution in [3.63, 3.8) is 0 Å². The SMILES string of the molecule is Brc1cccc2c(N3CCN(Cc4ccccn4)CC3)ccnc12. The molecule has 0 N–H and O–H groups in total. The second-order valence-electron chi connectivity index (χ2n) is 6.05. The lowest BCUT2D eigenvalue weighted by Gasteiger charge is -2.36. The summed E-state index contributed by atoms with van der Waals surface area (Å²) in [6, 6.07) is 14.5.